The van der Waals surface area contributed by atoms with Gasteiger partial charge in [0, 0.05) is 33.2 Å². The Balaban J connectivity index is 2.14. The van der Waals surface area contributed by atoms with Crippen molar-refractivity contribution in [2.45, 2.75) is 38.2 Å². The number of aliphatic carboxylic acids is 1. The number of carboxylic acids is 1. The van der Waals surface area contributed by atoms with Gasteiger partial charge < -0.3 is 19.5 Å². The van der Waals surface area contributed by atoms with Crippen LogP contribution in [0, 0.1) is 0 Å². The first-order chi connectivity index (χ1) is 9.13. The van der Waals surface area contributed by atoms with Crippen molar-refractivity contribution in [3.05, 3.63) is 0 Å². The fraction of sp³-hybridized carbons (Fsp3) is 0.846. The number of hydrogen-bond acceptors (Lipinski definition) is 4. The number of carboxylic acid groups (broad SMARTS) is 1. The number of rotatable bonds is 8. The monoisotopic (exact) mass is 273 g/mol. The molecule has 0 aromatic heterocycles. The zero-order valence-corrected chi connectivity index (χ0v) is 11.5. The van der Waals surface area contributed by atoms with Gasteiger partial charge in [-0.25, -0.2) is 0 Å². The molecular formula is C13H23NO5. The molecule has 110 valence electrons. The summed E-state index contributed by atoms with van der Waals surface area (Å²) in [5, 5.41) is 8.52. The number of amides is 1. The van der Waals surface area contributed by atoms with Gasteiger partial charge in [-0.15, -0.1) is 0 Å². The summed E-state index contributed by atoms with van der Waals surface area (Å²) in [5.41, 5.74) is 0. The van der Waals surface area contributed by atoms with Gasteiger partial charge in [-0.1, -0.05) is 0 Å². The van der Waals surface area contributed by atoms with Crippen molar-refractivity contribution < 1.29 is 24.2 Å². The van der Waals surface area contributed by atoms with E-state index in [0.29, 0.717) is 26.1 Å². The van der Waals surface area contributed by atoms with Gasteiger partial charge in [-0.05, 0) is 19.3 Å². The van der Waals surface area contributed by atoms with Crippen LogP contribution in [0.3, 0.4) is 0 Å². The van der Waals surface area contributed by atoms with Gasteiger partial charge in [-0.2, -0.15) is 0 Å². The number of carbonyl (C=O) groups excluding carboxylic acids is 1. The lowest BCUT2D eigenvalue weighted by molar-refractivity contribution is -0.139. The molecule has 0 unspecified atom stereocenters. The van der Waals surface area contributed by atoms with Crippen LogP contribution >= 0.6 is 0 Å². The lowest BCUT2D eigenvalue weighted by Crippen LogP contribution is -2.41. The third kappa shape index (κ3) is 6.54. The van der Waals surface area contributed by atoms with Gasteiger partial charge in [0.15, 0.2) is 0 Å². The number of nitrogens with zero attached hydrogens (tertiary/aromatic N) is 1. The van der Waals surface area contributed by atoms with Crippen LogP contribution in [-0.2, 0) is 19.1 Å². The van der Waals surface area contributed by atoms with Crippen LogP contribution in [0.25, 0.3) is 0 Å². The largest absolute Gasteiger partial charge is 0.481 e. The van der Waals surface area contributed by atoms with Gasteiger partial charge in [0.05, 0.1) is 19.1 Å². The molecular weight excluding hydrogens is 250 g/mol. The average Bonchev–Trinajstić information content (AvgIpc) is 2.39. The van der Waals surface area contributed by atoms with E-state index in [0.717, 1.165) is 19.3 Å². The Hall–Kier alpha value is -1.14. The molecule has 0 saturated carbocycles. The Morgan fingerprint density at radius 3 is 2.47 bits per heavy atom. The molecule has 19 heavy (non-hydrogen) atoms. The van der Waals surface area contributed by atoms with E-state index in [-0.39, 0.29) is 25.0 Å². The second-order valence-corrected chi connectivity index (χ2v) is 4.69. The molecule has 0 bridgehead atoms. The van der Waals surface area contributed by atoms with E-state index in [9.17, 15) is 9.59 Å². The summed E-state index contributed by atoms with van der Waals surface area (Å²) in [6, 6.07) is 0. The molecule has 1 fully saturated rings. The predicted octanol–water partition coefficient (Wildman–Crippen LogP) is 0.895. The van der Waals surface area contributed by atoms with E-state index in [2.05, 4.69) is 0 Å². The first-order valence-corrected chi connectivity index (χ1v) is 6.73. The van der Waals surface area contributed by atoms with Crippen LogP contribution in [0.5, 0.6) is 0 Å². The number of likely N-dealkylation sites (tertiary alicyclic amines) is 1. The van der Waals surface area contributed by atoms with Gasteiger partial charge in [0.25, 0.3) is 0 Å². The molecule has 0 radical (unpaired) electrons. The van der Waals surface area contributed by atoms with Crippen LogP contribution in [0.15, 0.2) is 0 Å². The highest BCUT2D eigenvalue weighted by atomic mass is 16.5. The SMILES string of the molecule is COCCCC(=O)N1CCC(OCCC(=O)O)CC1. The van der Waals surface area contributed by atoms with Gasteiger partial charge in [-0.3, -0.25) is 9.59 Å². The molecule has 1 heterocycles. The second kappa shape index (κ2) is 8.87. The first kappa shape index (κ1) is 15.9. The highest BCUT2D eigenvalue weighted by Gasteiger charge is 2.22. The zero-order valence-electron chi connectivity index (χ0n) is 11.5. The number of hydrogen-bond donors (Lipinski definition) is 1. The van der Waals surface area contributed by atoms with Gasteiger partial charge in [0.2, 0.25) is 5.91 Å². The molecule has 0 aromatic carbocycles. The normalized spacial score (nSPS) is 16.6. The molecule has 0 spiro atoms. The fourth-order valence-electron chi connectivity index (χ4n) is 2.11. The lowest BCUT2D eigenvalue weighted by Gasteiger charge is -2.32. The van der Waals surface area contributed by atoms with Gasteiger partial charge in [0.1, 0.15) is 0 Å². The van der Waals surface area contributed by atoms with E-state index in [1.165, 1.54) is 0 Å². The van der Waals surface area contributed by atoms with Crippen molar-refractivity contribution in [2.24, 2.45) is 0 Å². The topological polar surface area (TPSA) is 76.1 Å². The molecule has 1 aliphatic heterocycles. The molecule has 0 aliphatic carbocycles. The summed E-state index contributed by atoms with van der Waals surface area (Å²) in [6.07, 6.45) is 2.98. The van der Waals surface area contributed by atoms with Crippen molar-refractivity contribution in [1.82, 2.24) is 4.90 Å². The van der Waals surface area contributed by atoms with E-state index in [1.807, 2.05) is 4.90 Å². The maximum absolute atomic E-state index is 11.8. The molecule has 6 nitrogen and oxygen atoms in total. The highest BCUT2D eigenvalue weighted by Crippen LogP contribution is 2.15. The van der Waals surface area contributed by atoms with Crippen molar-refractivity contribution in [1.29, 1.82) is 0 Å². The predicted molar refractivity (Wildman–Crippen MR) is 68.9 cm³/mol. The van der Waals surface area contributed by atoms with Crippen molar-refractivity contribution in [2.75, 3.05) is 33.4 Å². The minimum absolute atomic E-state index is 0.0379. The summed E-state index contributed by atoms with van der Waals surface area (Å²) >= 11 is 0. The minimum atomic E-state index is -0.842. The molecule has 0 aromatic rings. The van der Waals surface area contributed by atoms with Crippen LogP contribution in [0.1, 0.15) is 32.1 Å². The van der Waals surface area contributed by atoms with Crippen molar-refractivity contribution in [3.63, 3.8) is 0 Å². The molecule has 1 aliphatic rings. The van der Waals surface area contributed by atoms with E-state index >= 15 is 0 Å². The summed E-state index contributed by atoms with van der Waals surface area (Å²) < 4.78 is 10.4. The molecule has 1 amide bonds. The molecule has 1 saturated heterocycles. The fourth-order valence-corrected chi connectivity index (χ4v) is 2.11. The third-order valence-corrected chi connectivity index (χ3v) is 3.20. The maximum atomic E-state index is 11.8. The number of carbonyl (C=O) groups is 2. The van der Waals surface area contributed by atoms with Crippen LogP contribution < -0.4 is 0 Å². The average molecular weight is 273 g/mol. The molecule has 1 N–H and O–H groups in total. The Morgan fingerprint density at radius 1 is 1.21 bits per heavy atom. The third-order valence-electron chi connectivity index (χ3n) is 3.20. The smallest absolute Gasteiger partial charge is 0.305 e. The highest BCUT2D eigenvalue weighted by molar-refractivity contribution is 5.76. The maximum Gasteiger partial charge on any atom is 0.305 e. The second-order valence-electron chi connectivity index (χ2n) is 4.69. The van der Waals surface area contributed by atoms with Crippen LogP contribution in [0.2, 0.25) is 0 Å². The van der Waals surface area contributed by atoms with Crippen molar-refractivity contribution in [3.8, 4) is 0 Å². The summed E-state index contributed by atoms with van der Waals surface area (Å²) in [7, 11) is 1.63. The Labute approximate surface area is 113 Å². The zero-order chi connectivity index (χ0) is 14.1. The first-order valence-electron chi connectivity index (χ1n) is 6.73. The van der Waals surface area contributed by atoms with Crippen LogP contribution in [0.4, 0.5) is 0 Å². The van der Waals surface area contributed by atoms with E-state index in [1.54, 1.807) is 7.11 Å². The Bertz CT molecular complexity index is 287. The minimum Gasteiger partial charge on any atom is -0.481 e. The summed E-state index contributed by atoms with van der Waals surface area (Å²) in [4.78, 5) is 24.1. The molecule has 1 rings (SSSR count). The summed E-state index contributed by atoms with van der Waals surface area (Å²) in [5.74, 6) is -0.674. The summed E-state index contributed by atoms with van der Waals surface area (Å²) in [6.45, 7) is 2.26. The van der Waals surface area contributed by atoms with E-state index in [4.69, 9.17) is 14.6 Å². The van der Waals surface area contributed by atoms with E-state index < -0.39 is 5.97 Å². The lowest BCUT2D eigenvalue weighted by atomic mass is 10.1. The van der Waals surface area contributed by atoms with Crippen LogP contribution in [-0.4, -0.2) is 61.4 Å². The quantitative estimate of drug-likeness (QED) is 0.665. The number of piperidine rings is 1. The molecule has 6 heteroatoms. The van der Waals surface area contributed by atoms with Crippen molar-refractivity contribution >= 4 is 11.9 Å². The molecule has 0 atom stereocenters. The standard InChI is InChI=1S/C13H23NO5/c1-18-9-2-3-12(15)14-7-4-11(5-8-14)19-10-6-13(16)17/h11H,2-10H2,1H3,(H,16,17). The number of ether oxygens (including phenoxy) is 2. The Kier molecular flexibility index (Phi) is 7.43. The number of methoxy groups -OCH3 is 1. The van der Waals surface area contributed by atoms with Gasteiger partial charge >= 0.3 is 5.97 Å². The Morgan fingerprint density at radius 2 is 1.89 bits per heavy atom.